The van der Waals surface area contributed by atoms with E-state index in [1.54, 1.807) is 11.6 Å². The van der Waals surface area contributed by atoms with E-state index in [1.807, 2.05) is 25.1 Å². The van der Waals surface area contributed by atoms with Crippen molar-refractivity contribution in [2.24, 2.45) is 7.05 Å². The van der Waals surface area contributed by atoms with Crippen molar-refractivity contribution in [3.8, 4) is 0 Å². The molecular formula is C10H9IN2O. The molecule has 2 aromatic rings. The van der Waals surface area contributed by atoms with Gasteiger partial charge in [0.05, 0.1) is 10.9 Å². The highest BCUT2D eigenvalue weighted by atomic mass is 127. The van der Waals surface area contributed by atoms with E-state index in [0.717, 1.165) is 14.9 Å². The highest BCUT2D eigenvalue weighted by Gasteiger charge is 2.04. The van der Waals surface area contributed by atoms with E-state index >= 15 is 0 Å². The molecule has 1 aromatic heterocycles. The van der Waals surface area contributed by atoms with Gasteiger partial charge in [0.2, 0.25) is 0 Å². The Bertz CT molecular complexity index is 560. The van der Waals surface area contributed by atoms with E-state index in [2.05, 4.69) is 27.6 Å². The van der Waals surface area contributed by atoms with Gasteiger partial charge in [0.1, 0.15) is 5.82 Å². The first-order valence-corrected chi connectivity index (χ1v) is 5.30. The quantitative estimate of drug-likeness (QED) is 0.696. The molecule has 0 amide bonds. The smallest absolute Gasteiger partial charge is 0.261 e. The molecule has 0 aliphatic heterocycles. The van der Waals surface area contributed by atoms with Crippen molar-refractivity contribution in [2.75, 3.05) is 0 Å². The highest BCUT2D eigenvalue weighted by Crippen LogP contribution is 2.12. The molecule has 1 heterocycles. The summed E-state index contributed by atoms with van der Waals surface area (Å²) in [7, 11) is 1.74. The van der Waals surface area contributed by atoms with Crippen LogP contribution in [0.1, 0.15) is 5.82 Å². The average molecular weight is 300 g/mol. The topological polar surface area (TPSA) is 34.9 Å². The maximum Gasteiger partial charge on any atom is 0.261 e. The third kappa shape index (κ3) is 1.43. The lowest BCUT2D eigenvalue weighted by molar-refractivity contribution is 0.792. The molecule has 0 bridgehead atoms. The summed E-state index contributed by atoms with van der Waals surface area (Å²) in [6, 6.07) is 5.66. The first kappa shape index (κ1) is 9.64. The second-order valence-electron chi connectivity index (χ2n) is 3.18. The van der Waals surface area contributed by atoms with E-state index < -0.39 is 0 Å². The Balaban J connectivity index is 2.98. The van der Waals surface area contributed by atoms with Crippen LogP contribution in [0.3, 0.4) is 0 Å². The van der Waals surface area contributed by atoms with Gasteiger partial charge < -0.3 is 0 Å². The summed E-state index contributed by atoms with van der Waals surface area (Å²) < 4.78 is 2.66. The highest BCUT2D eigenvalue weighted by molar-refractivity contribution is 14.1. The third-order valence-electron chi connectivity index (χ3n) is 2.26. The van der Waals surface area contributed by atoms with Gasteiger partial charge in [0.15, 0.2) is 0 Å². The molecule has 14 heavy (non-hydrogen) atoms. The molecule has 0 saturated carbocycles. The molecule has 0 spiro atoms. The van der Waals surface area contributed by atoms with Gasteiger partial charge in [-0.25, -0.2) is 4.98 Å². The molecule has 0 saturated heterocycles. The molecule has 1 aromatic carbocycles. The minimum atomic E-state index is 0.0175. The van der Waals surface area contributed by atoms with Crippen molar-refractivity contribution in [1.29, 1.82) is 0 Å². The van der Waals surface area contributed by atoms with Crippen LogP contribution in [0.4, 0.5) is 0 Å². The van der Waals surface area contributed by atoms with Crippen LogP contribution in [0.25, 0.3) is 10.9 Å². The SMILES string of the molecule is Cc1nc2cc(I)ccc2c(=O)n1C. The minimum absolute atomic E-state index is 0.0175. The number of benzene rings is 1. The average Bonchev–Trinajstić information content (AvgIpc) is 2.14. The Kier molecular flexibility index (Phi) is 2.30. The Morgan fingerprint density at radius 3 is 2.86 bits per heavy atom. The summed E-state index contributed by atoms with van der Waals surface area (Å²) in [5, 5.41) is 0.679. The first-order valence-electron chi connectivity index (χ1n) is 4.22. The standard InChI is InChI=1S/C10H9IN2O/c1-6-12-9-5-7(11)3-4-8(9)10(14)13(6)2/h3-5H,1-2H3. The normalized spacial score (nSPS) is 10.8. The van der Waals surface area contributed by atoms with Gasteiger partial charge in [-0.05, 0) is 47.7 Å². The van der Waals surface area contributed by atoms with Crippen molar-refractivity contribution in [2.45, 2.75) is 6.92 Å². The number of aromatic nitrogens is 2. The number of hydrogen-bond acceptors (Lipinski definition) is 2. The van der Waals surface area contributed by atoms with Crippen LogP contribution in [0.5, 0.6) is 0 Å². The van der Waals surface area contributed by atoms with Crippen molar-refractivity contribution in [3.05, 3.63) is 37.9 Å². The Hall–Kier alpha value is -0.910. The van der Waals surface area contributed by atoms with Crippen LogP contribution in [0.2, 0.25) is 0 Å². The van der Waals surface area contributed by atoms with Crippen molar-refractivity contribution in [1.82, 2.24) is 9.55 Å². The summed E-state index contributed by atoms with van der Waals surface area (Å²) in [5.41, 5.74) is 0.793. The Labute approximate surface area is 94.9 Å². The Morgan fingerprint density at radius 1 is 1.43 bits per heavy atom. The predicted molar refractivity (Wildman–Crippen MR) is 64.4 cm³/mol. The maximum atomic E-state index is 11.8. The molecule has 4 heteroatoms. The molecule has 3 nitrogen and oxygen atoms in total. The number of fused-ring (bicyclic) bond motifs is 1. The molecule has 0 aliphatic carbocycles. The van der Waals surface area contributed by atoms with Gasteiger partial charge in [-0.1, -0.05) is 0 Å². The minimum Gasteiger partial charge on any atom is -0.299 e. The second kappa shape index (κ2) is 3.34. The first-order chi connectivity index (χ1) is 6.59. The van der Waals surface area contributed by atoms with Crippen LogP contribution in [-0.4, -0.2) is 9.55 Å². The molecule has 0 aliphatic rings. The lowest BCUT2D eigenvalue weighted by Gasteiger charge is -2.04. The molecular weight excluding hydrogens is 291 g/mol. The van der Waals surface area contributed by atoms with Gasteiger partial charge in [-0.2, -0.15) is 0 Å². The van der Waals surface area contributed by atoms with Crippen LogP contribution >= 0.6 is 22.6 Å². The van der Waals surface area contributed by atoms with E-state index in [4.69, 9.17) is 0 Å². The van der Waals surface area contributed by atoms with Crippen LogP contribution < -0.4 is 5.56 Å². The zero-order valence-corrected chi connectivity index (χ0v) is 10.1. The molecule has 0 N–H and O–H groups in total. The van der Waals surface area contributed by atoms with Crippen LogP contribution in [0, 0.1) is 10.5 Å². The number of hydrogen-bond donors (Lipinski definition) is 0. The largest absolute Gasteiger partial charge is 0.299 e. The molecule has 0 atom stereocenters. The van der Waals surface area contributed by atoms with Gasteiger partial charge in [-0.3, -0.25) is 9.36 Å². The summed E-state index contributed by atoms with van der Waals surface area (Å²) in [5.74, 6) is 0.740. The Morgan fingerprint density at radius 2 is 2.14 bits per heavy atom. The number of aryl methyl sites for hydroxylation is 1. The lowest BCUT2D eigenvalue weighted by atomic mass is 10.2. The van der Waals surface area contributed by atoms with E-state index in [1.165, 1.54) is 0 Å². The van der Waals surface area contributed by atoms with Gasteiger partial charge in [-0.15, -0.1) is 0 Å². The predicted octanol–water partition coefficient (Wildman–Crippen LogP) is 1.85. The van der Waals surface area contributed by atoms with Gasteiger partial charge in [0.25, 0.3) is 5.56 Å². The number of nitrogens with zero attached hydrogens (tertiary/aromatic N) is 2. The van der Waals surface area contributed by atoms with E-state index in [-0.39, 0.29) is 5.56 Å². The number of rotatable bonds is 0. The summed E-state index contributed by atoms with van der Waals surface area (Å²) in [6.07, 6.45) is 0. The lowest BCUT2D eigenvalue weighted by Crippen LogP contribution is -2.20. The van der Waals surface area contributed by atoms with Crippen LogP contribution in [-0.2, 0) is 7.05 Å². The number of halogens is 1. The molecule has 0 fully saturated rings. The summed E-state index contributed by atoms with van der Waals surface area (Å²) in [6.45, 7) is 1.83. The molecule has 72 valence electrons. The molecule has 0 radical (unpaired) electrons. The maximum absolute atomic E-state index is 11.8. The fourth-order valence-electron chi connectivity index (χ4n) is 1.36. The monoisotopic (exact) mass is 300 g/mol. The molecule has 2 rings (SSSR count). The fraction of sp³-hybridized carbons (Fsp3) is 0.200. The van der Waals surface area contributed by atoms with Crippen LogP contribution in [0.15, 0.2) is 23.0 Å². The van der Waals surface area contributed by atoms with Gasteiger partial charge in [0, 0.05) is 10.6 Å². The fourth-order valence-corrected chi connectivity index (χ4v) is 1.83. The molecule has 0 unspecified atom stereocenters. The zero-order valence-electron chi connectivity index (χ0n) is 7.91. The van der Waals surface area contributed by atoms with Crippen molar-refractivity contribution >= 4 is 33.5 Å². The van der Waals surface area contributed by atoms with E-state index in [9.17, 15) is 4.79 Å². The van der Waals surface area contributed by atoms with Crippen molar-refractivity contribution < 1.29 is 0 Å². The summed E-state index contributed by atoms with van der Waals surface area (Å²) in [4.78, 5) is 16.1. The third-order valence-corrected chi connectivity index (χ3v) is 2.93. The second-order valence-corrected chi connectivity index (χ2v) is 4.43. The summed E-state index contributed by atoms with van der Waals surface area (Å²) >= 11 is 2.21. The van der Waals surface area contributed by atoms with Gasteiger partial charge >= 0.3 is 0 Å². The van der Waals surface area contributed by atoms with Crippen molar-refractivity contribution in [3.63, 3.8) is 0 Å². The van der Waals surface area contributed by atoms with E-state index in [0.29, 0.717) is 5.39 Å². The zero-order chi connectivity index (χ0) is 10.3.